The molecular weight excluding hydrogens is 380 g/mol. The average Bonchev–Trinajstić information content (AvgIpc) is 2.63. The monoisotopic (exact) mass is 415 g/mol. The van der Waals surface area contributed by atoms with Crippen molar-refractivity contribution >= 4 is 20.1 Å². The van der Waals surface area contributed by atoms with Gasteiger partial charge in [-0.05, 0) is 47.3 Å². The fourth-order valence-electron chi connectivity index (χ4n) is 3.62. The van der Waals surface area contributed by atoms with Crippen LogP contribution in [0.15, 0.2) is 35.3 Å². The fourth-order valence-corrected chi connectivity index (χ4v) is 5.29. The van der Waals surface area contributed by atoms with Gasteiger partial charge in [0.1, 0.15) is 11.6 Å². The third kappa shape index (κ3) is 5.66. The Hall–Kier alpha value is -1.73. The molecule has 4 heteroatoms. The molecule has 2 nitrogen and oxygen atoms in total. The number of aryl methyl sites for hydroxylation is 1. The van der Waals surface area contributed by atoms with E-state index in [-0.39, 0.29) is 16.4 Å². The molecule has 0 aliphatic carbocycles. The zero-order chi connectivity index (χ0) is 21.8. The lowest BCUT2D eigenvalue weighted by Gasteiger charge is -2.34. The number of unbranched alkanes of at least 4 members (excludes halogenated alkanes) is 1. The third-order valence-electron chi connectivity index (χ3n) is 5.48. The van der Waals surface area contributed by atoms with Gasteiger partial charge in [0.15, 0.2) is 0 Å². The van der Waals surface area contributed by atoms with E-state index in [1.807, 2.05) is 13.0 Å². The molecule has 0 aromatic heterocycles. The first-order valence-corrected chi connectivity index (χ1v) is 11.4. The van der Waals surface area contributed by atoms with Gasteiger partial charge in [-0.2, -0.15) is 0 Å². The second-order valence-electron chi connectivity index (χ2n) is 9.12. The highest BCUT2D eigenvalue weighted by atomic mass is 31.1. The van der Waals surface area contributed by atoms with Gasteiger partial charge < -0.3 is 5.11 Å². The van der Waals surface area contributed by atoms with Crippen LogP contribution in [0.25, 0.3) is 0 Å². The van der Waals surface area contributed by atoms with Gasteiger partial charge in [0.2, 0.25) is 0 Å². The van der Waals surface area contributed by atoms with Crippen LogP contribution in [0.4, 0.5) is 4.39 Å². The van der Waals surface area contributed by atoms with Crippen molar-refractivity contribution < 1.29 is 9.50 Å². The summed E-state index contributed by atoms with van der Waals surface area (Å²) in [6.07, 6.45) is 4.84. The molecule has 0 aliphatic heterocycles. The molecule has 0 bridgehead atoms. The molecule has 2 unspecified atom stereocenters. The van der Waals surface area contributed by atoms with Crippen LogP contribution in [0, 0.1) is 12.7 Å². The summed E-state index contributed by atoms with van der Waals surface area (Å²) in [4.78, 5) is 4.11. The van der Waals surface area contributed by atoms with Crippen LogP contribution in [0.3, 0.4) is 0 Å². The quantitative estimate of drug-likeness (QED) is 0.401. The van der Waals surface area contributed by atoms with Crippen molar-refractivity contribution in [3.05, 3.63) is 58.4 Å². The maximum atomic E-state index is 13.8. The standard InChI is InChI=1S/C25H35FNOP/c1-8-9-12-25(6,29-22-11-10-20(26)14-18(22)16-27-7)21-15-19(24(3,4)5)13-17(2)23(21)28/h10-11,13-16,28-29H,8-9,12H2,1-7H3. The fraction of sp³-hybridized carbons (Fsp3) is 0.480. The topological polar surface area (TPSA) is 32.6 Å². The van der Waals surface area contributed by atoms with Gasteiger partial charge in [-0.25, -0.2) is 4.39 Å². The Morgan fingerprint density at radius 3 is 2.41 bits per heavy atom. The van der Waals surface area contributed by atoms with E-state index in [0.29, 0.717) is 14.3 Å². The Morgan fingerprint density at radius 1 is 1.14 bits per heavy atom. The molecule has 2 atom stereocenters. The van der Waals surface area contributed by atoms with Crippen LogP contribution in [0.2, 0.25) is 0 Å². The van der Waals surface area contributed by atoms with Crippen LogP contribution in [-0.2, 0) is 10.6 Å². The van der Waals surface area contributed by atoms with E-state index in [4.69, 9.17) is 0 Å². The van der Waals surface area contributed by atoms with E-state index < -0.39 is 0 Å². The predicted octanol–water partition coefficient (Wildman–Crippen LogP) is 6.60. The van der Waals surface area contributed by atoms with Crippen molar-refractivity contribution in [3.8, 4) is 5.75 Å². The summed E-state index contributed by atoms with van der Waals surface area (Å²) in [5.74, 6) is 0.133. The molecule has 2 aromatic carbocycles. The lowest BCUT2D eigenvalue weighted by Crippen LogP contribution is -2.23. The van der Waals surface area contributed by atoms with Crippen molar-refractivity contribution in [1.29, 1.82) is 0 Å². The summed E-state index contributed by atoms with van der Waals surface area (Å²) in [6.45, 7) is 13.0. The zero-order valence-corrected chi connectivity index (χ0v) is 19.9. The number of aliphatic imine (C=N–C) groups is 1. The normalized spacial score (nSPS) is 14.8. The highest BCUT2D eigenvalue weighted by Crippen LogP contribution is 2.50. The summed E-state index contributed by atoms with van der Waals surface area (Å²) in [5.41, 5.74) is 3.95. The molecule has 0 radical (unpaired) electrons. The number of phenolic OH excluding ortho intramolecular Hbond substituents is 1. The zero-order valence-electron chi connectivity index (χ0n) is 18.9. The van der Waals surface area contributed by atoms with Crippen LogP contribution in [0.1, 0.15) is 76.1 Å². The maximum Gasteiger partial charge on any atom is 0.123 e. The molecule has 2 aromatic rings. The van der Waals surface area contributed by atoms with E-state index in [9.17, 15) is 9.50 Å². The van der Waals surface area contributed by atoms with Gasteiger partial charge in [-0.15, -0.1) is 0 Å². The Kier molecular flexibility index (Phi) is 7.62. The minimum Gasteiger partial charge on any atom is -0.507 e. The second kappa shape index (κ2) is 9.39. The molecule has 0 spiro atoms. The molecule has 1 N–H and O–H groups in total. The molecule has 0 fully saturated rings. The maximum absolute atomic E-state index is 13.8. The van der Waals surface area contributed by atoms with Crippen LogP contribution >= 0.6 is 8.58 Å². The summed E-state index contributed by atoms with van der Waals surface area (Å²) in [5, 5.41) is 11.9. The number of phenols is 1. The summed E-state index contributed by atoms with van der Waals surface area (Å²) in [7, 11) is 2.10. The first-order chi connectivity index (χ1) is 13.5. The molecule has 158 valence electrons. The Labute approximate surface area is 177 Å². The van der Waals surface area contributed by atoms with Crippen LogP contribution in [0.5, 0.6) is 5.75 Å². The first kappa shape index (κ1) is 23.5. The SMILES string of the molecule is CCCCC(C)(Pc1ccc(F)cc1C=NC)c1cc(C(C)(C)C)cc(C)c1O. The van der Waals surface area contributed by atoms with Crippen molar-refractivity contribution in [1.82, 2.24) is 0 Å². The van der Waals surface area contributed by atoms with Crippen molar-refractivity contribution in [2.75, 3.05) is 7.05 Å². The minimum absolute atomic E-state index is 0.00209. The van der Waals surface area contributed by atoms with Crippen molar-refractivity contribution in [3.63, 3.8) is 0 Å². The average molecular weight is 416 g/mol. The van der Waals surface area contributed by atoms with Crippen LogP contribution in [-0.4, -0.2) is 18.4 Å². The van der Waals surface area contributed by atoms with E-state index in [0.717, 1.165) is 41.3 Å². The number of halogens is 1. The van der Waals surface area contributed by atoms with E-state index in [2.05, 4.69) is 51.7 Å². The molecule has 0 saturated carbocycles. The number of hydrogen-bond donors (Lipinski definition) is 1. The Bertz CT molecular complexity index is 885. The Balaban J connectivity index is 2.64. The lowest BCUT2D eigenvalue weighted by atomic mass is 9.82. The number of nitrogens with zero attached hydrogens (tertiary/aromatic N) is 1. The number of rotatable bonds is 7. The minimum atomic E-state index is -0.253. The lowest BCUT2D eigenvalue weighted by molar-refractivity contribution is 0.445. The third-order valence-corrected chi connectivity index (χ3v) is 7.28. The number of aromatic hydroxyl groups is 1. The van der Waals surface area contributed by atoms with Crippen molar-refractivity contribution in [2.45, 2.75) is 71.4 Å². The van der Waals surface area contributed by atoms with Gasteiger partial charge >= 0.3 is 0 Å². The molecule has 0 aliphatic rings. The highest BCUT2D eigenvalue weighted by Gasteiger charge is 2.32. The van der Waals surface area contributed by atoms with Gasteiger partial charge in [0.05, 0.1) is 0 Å². The van der Waals surface area contributed by atoms with Gasteiger partial charge in [-0.3, -0.25) is 4.99 Å². The van der Waals surface area contributed by atoms with Gasteiger partial charge in [-0.1, -0.05) is 74.2 Å². The molecule has 0 heterocycles. The van der Waals surface area contributed by atoms with Crippen LogP contribution < -0.4 is 5.30 Å². The summed E-state index contributed by atoms with van der Waals surface area (Å²) < 4.78 is 13.8. The summed E-state index contributed by atoms with van der Waals surface area (Å²) >= 11 is 0. The highest BCUT2D eigenvalue weighted by molar-refractivity contribution is 7.48. The molecule has 0 amide bonds. The van der Waals surface area contributed by atoms with E-state index in [1.54, 1.807) is 19.3 Å². The van der Waals surface area contributed by atoms with E-state index >= 15 is 0 Å². The Morgan fingerprint density at radius 2 is 1.83 bits per heavy atom. The molecular formula is C25H35FNOP. The largest absolute Gasteiger partial charge is 0.507 e. The smallest absolute Gasteiger partial charge is 0.123 e. The van der Waals surface area contributed by atoms with Gasteiger partial charge in [0.25, 0.3) is 0 Å². The molecule has 0 saturated heterocycles. The predicted molar refractivity (Wildman–Crippen MR) is 126 cm³/mol. The molecule has 2 rings (SSSR count). The number of benzene rings is 2. The summed E-state index contributed by atoms with van der Waals surface area (Å²) in [6, 6.07) is 9.21. The second-order valence-corrected chi connectivity index (χ2v) is 11.0. The van der Waals surface area contributed by atoms with Crippen molar-refractivity contribution in [2.24, 2.45) is 4.99 Å². The number of hydrogen-bond acceptors (Lipinski definition) is 2. The van der Waals surface area contributed by atoms with E-state index in [1.165, 1.54) is 11.6 Å². The van der Waals surface area contributed by atoms with Gasteiger partial charge in [0, 0.05) is 29.5 Å². The molecule has 29 heavy (non-hydrogen) atoms. The first-order valence-electron chi connectivity index (χ1n) is 10.4.